The first-order valence-corrected chi connectivity index (χ1v) is 3.81. The Balaban J connectivity index is 2.36. The Labute approximate surface area is 70.3 Å². The van der Waals surface area contributed by atoms with Gasteiger partial charge >= 0.3 is 0 Å². The molecule has 0 fully saturated rings. The van der Waals surface area contributed by atoms with Crippen molar-refractivity contribution in [2.24, 2.45) is 5.16 Å². The predicted octanol–water partition coefficient (Wildman–Crippen LogP) is 1.62. The first-order valence-electron chi connectivity index (χ1n) is 3.81. The van der Waals surface area contributed by atoms with E-state index in [0.717, 1.165) is 11.3 Å². The van der Waals surface area contributed by atoms with Gasteiger partial charge in [0.1, 0.15) is 12.4 Å². The van der Waals surface area contributed by atoms with Crippen molar-refractivity contribution in [2.75, 3.05) is 6.61 Å². The highest BCUT2D eigenvalue weighted by Gasteiger charge is 2.21. The van der Waals surface area contributed by atoms with Gasteiger partial charge in [-0.05, 0) is 6.07 Å². The monoisotopic (exact) mass is 163 g/mol. The highest BCUT2D eigenvalue weighted by atomic mass is 16.5. The molecule has 3 nitrogen and oxygen atoms in total. The molecule has 2 rings (SSSR count). The van der Waals surface area contributed by atoms with E-state index in [2.05, 4.69) is 5.16 Å². The minimum Gasteiger partial charge on any atom is -0.492 e. The molecule has 1 aliphatic rings. The lowest BCUT2D eigenvalue weighted by Gasteiger charge is -1.97. The molecule has 1 aliphatic heterocycles. The van der Waals surface area contributed by atoms with Crippen LogP contribution in [-0.4, -0.2) is 18.0 Å². The average Bonchev–Trinajstić information content (AvgIpc) is 2.50. The predicted molar refractivity (Wildman–Crippen MR) is 45.0 cm³/mol. The number of hydrogen-bond donors (Lipinski definition) is 1. The van der Waals surface area contributed by atoms with E-state index < -0.39 is 0 Å². The van der Waals surface area contributed by atoms with Crippen LogP contribution in [0.1, 0.15) is 11.5 Å². The van der Waals surface area contributed by atoms with Crippen LogP contribution < -0.4 is 4.74 Å². The molecule has 1 aromatic rings. The molecule has 1 atom stereocenters. The van der Waals surface area contributed by atoms with Crippen LogP contribution in [0.15, 0.2) is 29.4 Å². The normalized spacial score (nSPS) is 20.8. The zero-order valence-corrected chi connectivity index (χ0v) is 6.47. The van der Waals surface area contributed by atoms with Crippen LogP contribution in [0, 0.1) is 0 Å². The van der Waals surface area contributed by atoms with Crippen molar-refractivity contribution in [1.82, 2.24) is 0 Å². The Morgan fingerprint density at radius 3 is 3.17 bits per heavy atom. The molecule has 0 bridgehead atoms. The summed E-state index contributed by atoms with van der Waals surface area (Å²) in [5, 5.41) is 11.4. The number of fused-ring (bicyclic) bond motifs is 1. The maximum absolute atomic E-state index is 8.37. The van der Waals surface area contributed by atoms with Gasteiger partial charge in [0.05, 0.1) is 12.1 Å². The van der Waals surface area contributed by atoms with E-state index in [4.69, 9.17) is 9.94 Å². The summed E-state index contributed by atoms with van der Waals surface area (Å²) < 4.78 is 5.36. The second-order valence-corrected chi connectivity index (χ2v) is 2.72. The van der Waals surface area contributed by atoms with Crippen molar-refractivity contribution in [3.63, 3.8) is 0 Å². The van der Waals surface area contributed by atoms with Gasteiger partial charge in [-0.3, -0.25) is 0 Å². The maximum Gasteiger partial charge on any atom is 0.123 e. The Kier molecular flexibility index (Phi) is 1.70. The van der Waals surface area contributed by atoms with Gasteiger partial charge in [-0.2, -0.15) is 0 Å². The van der Waals surface area contributed by atoms with E-state index in [1.807, 2.05) is 24.3 Å². The van der Waals surface area contributed by atoms with Crippen molar-refractivity contribution in [2.45, 2.75) is 5.92 Å². The Hall–Kier alpha value is -1.51. The molecular weight excluding hydrogens is 154 g/mol. The minimum atomic E-state index is 0.103. The molecular formula is C9H9NO2. The summed E-state index contributed by atoms with van der Waals surface area (Å²) in [7, 11) is 0. The fourth-order valence-corrected chi connectivity index (χ4v) is 1.39. The van der Waals surface area contributed by atoms with E-state index in [1.54, 1.807) is 0 Å². The highest BCUT2D eigenvalue weighted by molar-refractivity contribution is 5.70. The topological polar surface area (TPSA) is 41.8 Å². The van der Waals surface area contributed by atoms with Crippen LogP contribution in [0.5, 0.6) is 5.75 Å². The fraction of sp³-hybridized carbons (Fsp3) is 0.222. The molecule has 1 unspecified atom stereocenters. The zero-order valence-electron chi connectivity index (χ0n) is 6.47. The first kappa shape index (κ1) is 7.16. The van der Waals surface area contributed by atoms with Gasteiger partial charge in [0.15, 0.2) is 0 Å². The molecule has 3 heteroatoms. The molecule has 1 heterocycles. The average molecular weight is 163 g/mol. The number of oxime groups is 1. The SMILES string of the molecule is ON=CC1COc2ccccc21. The molecule has 62 valence electrons. The summed E-state index contributed by atoms with van der Waals surface area (Å²) in [6.07, 6.45) is 1.49. The second kappa shape index (κ2) is 2.85. The van der Waals surface area contributed by atoms with Crippen LogP contribution in [-0.2, 0) is 0 Å². The number of para-hydroxylation sites is 1. The quantitative estimate of drug-likeness (QED) is 0.388. The summed E-state index contributed by atoms with van der Waals surface area (Å²) in [5.41, 5.74) is 1.09. The molecule has 0 amide bonds. The number of benzene rings is 1. The van der Waals surface area contributed by atoms with Gasteiger partial charge < -0.3 is 9.94 Å². The third kappa shape index (κ3) is 1.03. The number of nitrogens with zero attached hydrogens (tertiary/aromatic N) is 1. The largest absolute Gasteiger partial charge is 0.492 e. The summed E-state index contributed by atoms with van der Waals surface area (Å²) in [5.74, 6) is 0.994. The van der Waals surface area contributed by atoms with Crippen LogP contribution in [0.4, 0.5) is 0 Å². The van der Waals surface area contributed by atoms with Crippen molar-refractivity contribution >= 4 is 6.21 Å². The minimum absolute atomic E-state index is 0.103. The molecule has 0 saturated heterocycles. The third-order valence-corrected chi connectivity index (χ3v) is 1.98. The lowest BCUT2D eigenvalue weighted by atomic mass is 10.0. The summed E-state index contributed by atoms with van der Waals surface area (Å²) in [4.78, 5) is 0. The van der Waals surface area contributed by atoms with Gasteiger partial charge in [-0.15, -0.1) is 5.16 Å². The molecule has 1 N–H and O–H groups in total. The zero-order chi connectivity index (χ0) is 8.39. The molecule has 0 radical (unpaired) electrons. The van der Waals surface area contributed by atoms with Crippen LogP contribution in [0.3, 0.4) is 0 Å². The Morgan fingerprint density at radius 1 is 1.50 bits per heavy atom. The van der Waals surface area contributed by atoms with Crippen molar-refractivity contribution in [3.05, 3.63) is 29.8 Å². The molecule has 0 spiro atoms. The third-order valence-electron chi connectivity index (χ3n) is 1.98. The van der Waals surface area contributed by atoms with Gasteiger partial charge in [0.25, 0.3) is 0 Å². The number of rotatable bonds is 1. The van der Waals surface area contributed by atoms with Crippen molar-refractivity contribution in [3.8, 4) is 5.75 Å². The summed E-state index contributed by atoms with van der Waals surface area (Å²) in [6.45, 7) is 0.573. The number of hydrogen-bond acceptors (Lipinski definition) is 3. The number of ether oxygens (including phenoxy) is 1. The molecule has 0 saturated carbocycles. The van der Waals surface area contributed by atoms with Crippen LogP contribution in [0.25, 0.3) is 0 Å². The first-order chi connectivity index (χ1) is 5.92. The maximum atomic E-state index is 8.37. The van der Waals surface area contributed by atoms with E-state index in [0.29, 0.717) is 6.61 Å². The van der Waals surface area contributed by atoms with Crippen molar-refractivity contribution in [1.29, 1.82) is 0 Å². The van der Waals surface area contributed by atoms with Gasteiger partial charge in [-0.1, -0.05) is 18.2 Å². The van der Waals surface area contributed by atoms with Gasteiger partial charge in [0, 0.05) is 5.56 Å². The summed E-state index contributed by atoms with van der Waals surface area (Å²) >= 11 is 0. The lowest BCUT2D eigenvalue weighted by Crippen LogP contribution is -2.01. The Bertz CT molecular complexity index is 309. The van der Waals surface area contributed by atoms with Crippen LogP contribution >= 0.6 is 0 Å². The van der Waals surface area contributed by atoms with E-state index in [-0.39, 0.29) is 5.92 Å². The van der Waals surface area contributed by atoms with Gasteiger partial charge in [0.2, 0.25) is 0 Å². The molecule has 1 aromatic carbocycles. The second-order valence-electron chi connectivity index (χ2n) is 2.72. The van der Waals surface area contributed by atoms with Gasteiger partial charge in [-0.25, -0.2) is 0 Å². The molecule has 0 aliphatic carbocycles. The molecule has 12 heavy (non-hydrogen) atoms. The van der Waals surface area contributed by atoms with E-state index in [9.17, 15) is 0 Å². The smallest absolute Gasteiger partial charge is 0.123 e. The van der Waals surface area contributed by atoms with Crippen molar-refractivity contribution < 1.29 is 9.94 Å². The summed E-state index contributed by atoms with van der Waals surface area (Å²) in [6, 6.07) is 7.78. The van der Waals surface area contributed by atoms with E-state index >= 15 is 0 Å². The van der Waals surface area contributed by atoms with E-state index in [1.165, 1.54) is 6.21 Å². The standard InChI is InChI=1S/C9H9NO2/c11-10-5-7-6-12-9-4-2-1-3-8(7)9/h1-5,7,11H,6H2. The van der Waals surface area contributed by atoms with Crippen LogP contribution in [0.2, 0.25) is 0 Å². The fourth-order valence-electron chi connectivity index (χ4n) is 1.39. The lowest BCUT2D eigenvalue weighted by molar-refractivity contribution is 0.314. The highest BCUT2D eigenvalue weighted by Crippen LogP contribution is 2.31. The molecule has 0 aromatic heterocycles. The Morgan fingerprint density at radius 2 is 2.33 bits per heavy atom.